The molecule has 1 amide bonds. The molecule has 0 aliphatic carbocycles. The highest BCUT2D eigenvalue weighted by molar-refractivity contribution is 6.31. The van der Waals surface area contributed by atoms with E-state index in [1.807, 2.05) is 0 Å². The maximum atomic E-state index is 13.7. The molecule has 1 N–H and O–H groups in total. The second-order valence-electron chi connectivity index (χ2n) is 5.79. The van der Waals surface area contributed by atoms with Gasteiger partial charge in [0.25, 0.3) is 5.91 Å². The van der Waals surface area contributed by atoms with E-state index in [4.69, 9.17) is 16.1 Å². The van der Waals surface area contributed by atoms with Crippen LogP contribution in [0.3, 0.4) is 0 Å². The number of carbonyl (C=O) groups excluding carboxylic acids is 1. The lowest BCUT2D eigenvalue weighted by atomic mass is 10.1. The summed E-state index contributed by atoms with van der Waals surface area (Å²) in [5.41, 5.74) is 1.55. The molecule has 1 aromatic carbocycles. The van der Waals surface area contributed by atoms with Crippen molar-refractivity contribution in [3.8, 4) is 0 Å². The summed E-state index contributed by atoms with van der Waals surface area (Å²) < 4.78 is 33.8. The van der Waals surface area contributed by atoms with E-state index in [1.165, 1.54) is 0 Å². The number of aryl methyl sites for hydroxylation is 2. The molecule has 0 radical (unpaired) electrons. The molecule has 0 atom stereocenters. The van der Waals surface area contributed by atoms with E-state index >= 15 is 0 Å². The number of amides is 1. The van der Waals surface area contributed by atoms with Crippen LogP contribution in [0.4, 0.5) is 14.5 Å². The molecule has 3 aromatic rings. The van der Waals surface area contributed by atoms with E-state index in [9.17, 15) is 13.6 Å². The predicted octanol–water partition coefficient (Wildman–Crippen LogP) is 4.03. The third-order valence-electron chi connectivity index (χ3n) is 3.98. The number of anilines is 1. The lowest BCUT2D eigenvalue weighted by Gasteiger charge is -2.07. The summed E-state index contributed by atoms with van der Waals surface area (Å²) in [6.45, 7) is 5.41. The molecule has 26 heavy (non-hydrogen) atoms. The van der Waals surface area contributed by atoms with Crippen molar-refractivity contribution in [2.24, 2.45) is 0 Å². The quantitative estimate of drug-likeness (QED) is 0.741. The van der Waals surface area contributed by atoms with Crippen LogP contribution in [0.15, 0.2) is 22.7 Å². The van der Waals surface area contributed by atoms with Crippen LogP contribution in [0.2, 0.25) is 5.02 Å². The van der Waals surface area contributed by atoms with Gasteiger partial charge in [-0.2, -0.15) is 5.10 Å². The van der Waals surface area contributed by atoms with Crippen LogP contribution in [0.5, 0.6) is 0 Å². The van der Waals surface area contributed by atoms with Gasteiger partial charge in [-0.25, -0.2) is 8.78 Å². The van der Waals surface area contributed by atoms with E-state index in [0.717, 1.165) is 23.9 Å². The van der Waals surface area contributed by atoms with Crippen LogP contribution in [-0.4, -0.2) is 20.8 Å². The van der Waals surface area contributed by atoms with Crippen LogP contribution in [0.25, 0.3) is 0 Å². The minimum atomic E-state index is -0.758. The summed E-state index contributed by atoms with van der Waals surface area (Å²) in [5.74, 6) is -1.73. The Balaban J connectivity index is 1.90. The van der Waals surface area contributed by atoms with Gasteiger partial charge >= 0.3 is 0 Å². The SMILES string of the molecule is Cc1nn(Cc2c(C(=O)Nc3cc(F)ccc3F)noc2C)c(C)c1Cl. The zero-order valence-corrected chi connectivity index (χ0v) is 15.0. The fourth-order valence-corrected chi connectivity index (χ4v) is 2.64. The first-order valence-electron chi connectivity index (χ1n) is 7.69. The molecule has 0 spiro atoms. The normalized spacial score (nSPS) is 11.0. The lowest BCUT2D eigenvalue weighted by Crippen LogP contribution is -2.17. The Morgan fingerprint density at radius 3 is 2.69 bits per heavy atom. The zero-order chi connectivity index (χ0) is 19.0. The zero-order valence-electron chi connectivity index (χ0n) is 14.2. The highest BCUT2D eigenvalue weighted by Crippen LogP contribution is 2.23. The molecule has 2 aromatic heterocycles. The maximum absolute atomic E-state index is 13.7. The molecule has 0 saturated carbocycles. The summed E-state index contributed by atoms with van der Waals surface area (Å²) in [7, 11) is 0. The molecule has 0 bridgehead atoms. The van der Waals surface area contributed by atoms with Crippen LogP contribution in [0, 0.1) is 32.4 Å². The van der Waals surface area contributed by atoms with Gasteiger partial charge in [0.2, 0.25) is 0 Å². The second-order valence-corrected chi connectivity index (χ2v) is 6.16. The largest absolute Gasteiger partial charge is 0.361 e. The third-order valence-corrected chi connectivity index (χ3v) is 4.52. The van der Waals surface area contributed by atoms with E-state index in [-0.39, 0.29) is 17.9 Å². The molecule has 6 nitrogen and oxygen atoms in total. The highest BCUT2D eigenvalue weighted by Gasteiger charge is 2.23. The maximum Gasteiger partial charge on any atom is 0.278 e. The molecule has 0 fully saturated rings. The van der Waals surface area contributed by atoms with E-state index < -0.39 is 17.5 Å². The average molecular weight is 381 g/mol. The number of carbonyl (C=O) groups is 1. The molecule has 0 unspecified atom stereocenters. The van der Waals surface area contributed by atoms with Crippen molar-refractivity contribution in [2.75, 3.05) is 5.32 Å². The van der Waals surface area contributed by atoms with Crippen LogP contribution >= 0.6 is 11.6 Å². The lowest BCUT2D eigenvalue weighted by molar-refractivity contribution is 0.101. The van der Waals surface area contributed by atoms with Crippen molar-refractivity contribution >= 4 is 23.2 Å². The van der Waals surface area contributed by atoms with Gasteiger partial charge in [0.1, 0.15) is 17.4 Å². The monoisotopic (exact) mass is 380 g/mol. The first kappa shape index (κ1) is 18.1. The average Bonchev–Trinajstić information content (AvgIpc) is 3.07. The van der Waals surface area contributed by atoms with E-state index in [2.05, 4.69) is 15.6 Å². The molecule has 0 saturated heterocycles. The van der Waals surface area contributed by atoms with Gasteiger partial charge in [0.05, 0.1) is 28.6 Å². The Bertz CT molecular complexity index is 997. The standard InChI is InChI=1S/C17H15ClF2N4O2/c1-8-15(18)9(2)24(22-8)7-12-10(3)26-23-16(12)17(25)21-14-6-11(19)4-5-13(14)20/h4-6H,7H2,1-3H3,(H,21,25). The Morgan fingerprint density at radius 1 is 1.31 bits per heavy atom. The number of nitrogens with zero attached hydrogens (tertiary/aromatic N) is 3. The van der Waals surface area contributed by atoms with E-state index in [0.29, 0.717) is 22.0 Å². The minimum Gasteiger partial charge on any atom is -0.361 e. The number of rotatable bonds is 4. The fraction of sp³-hybridized carbons (Fsp3) is 0.235. The molecule has 0 aliphatic rings. The fourth-order valence-electron chi connectivity index (χ4n) is 2.51. The van der Waals surface area contributed by atoms with E-state index in [1.54, 1.807) is 25.5 Å². The van der Waals surface area contributed by atoms with Gasteiger partial charge in [-0.15, -0.1) is 0 Å². The van der Waals surface area contributed by atoms with Gasteiger partial charge in [-0.3, -0.25) is 9.48 Å². The summed E-state index contributed by atoms with van der Waals surface area (Å²) in [6, 6.07) is 2.78. The Labute approximate surface area is 152 Å². The Hall–Kier alpha value is -2.74. The van der Waals surface area contributed by atoms with Crippen LogP contribution in [-0.2, 0) is 6.54 Å². The topological polar surface area (TPSA) is 73.0 Å². The Morgan fingerprint density at radius 2 is 2.04 bits per heavy atom. The number of halogens is 3. The van der Waals surface area contributed by atoms with Gasteiger partial charge < -0.3 is 9.84 Å². The minimum absolute atomic E-state index is 0.0326. The predicted molar refractivity (Wildman–Crippen MR) is 91.4 cm³/mol. The molecule has 136 valence electrons. The van der Waals surface area contributed by atoms with Crippen molar-refractivity contribution in [2.45, 2.75) is 27.3 Å². The number of benzene rings is 1. The molecular formula is C17H15ClF2N4O2. The van der Waals surface area contributed by atoms with Crippen molar-refractivity contribution in [1.82, 2.24) is 14.9 Å². The Kier molecular flexibility index (Phi) is 4.78. The first-order chi connectivity index (χ1) is 12.3. The summed E-state index contributed by atoms with van der Waals surface area (Å²) in [5, 5.41) is 10.9. The highest BCUT2D eigenvalue weighted by atomic mass is 35.5. The smallest absolute Gasteiger partial charge is 0.278 e. The number of hydrogen-bond acceptors (Lipinski definition) is 4. The molecular weight excluding hydrogens is 366 g/mol. The van der Waals surface area contributed by atoms with Crippen molar-refractivity contribution in [1.29, 1.82) is 0 Å². The van der Waals surface area contributed by atoms with Crippen molar-refractivity contribution in [3.05, 3.63) is 63.3 Å². The van der Waals surface area contributed by atoms with Crippen LogP contribution < -0.4 is 5.32 Å². The van der Waals surface area contributed by atoms with Gasteiger partial charge in [-0.05, 0) is 32.9 Å². The molecule has 3 rings (SSSR count). The molecule has 0 aliphatic heterocycles. The molecule has 9 heteroatoms. The number of aromatic nitrogens is 3. The second kappa shape index (κ2) is 6.87. The molecule has 2 heterocycles. The van der Waals surface area contributed by atoms with Gasteiger partial charge in [-0.1, -0.05) is 16.8 Å². The third kappa shape index (κ3) is 3.32. The summed E-state index contributed by atoms with van der Waals surface area (Å²) in [4.78, 5) is 12.5. The summed E-state index contributed by atoms with van der Waals surface area (Å²) in [6.07, 6.45) is 0. The van der Waals surface area contributed by atoms with Crippen molar-refractivity contribution < 1.29 is 18.1 Å². The number of hydrogen-bond donors (Lipinski definition) is 1. The number of nitrogens with one attached hydrogen (secondary N) is 1. The van der Waals surface area contributed by atoms with Gasteiger partial charge in [0, 0.05) is 11.6 Å². The first-order valence-corrected chi connectivity index (χ1v) is 8.06. The van der Waals surface area contributed by atoms with Gasteiger partial charge in [0.15, 0.2) is 5.69 Å². The van der Waals surface area contributed by atoms with Crippen molar-refractivity contribution in [3.63, 3.8) is 0 Å². The van der Waals surface area contributed by atoms with Crippen LogP contribution in [0.1, 0.15) is 33.2 Å². The summed E-state index contributed by atoms with van der Waals surface area (Å²) >= 11 is 6.14.